The highest BCUT2D eigenvalue weighted by Crippen LogP contribution is 2.83. The van der Waals surface area contributed by atoms with Gasteiger partial charge in [0.25, 0.3) is 0 Å². The van der Waals surface area contributed by atoms with Crippen molar-refractivity contribution in [3.63, 3.8) is 0 Å². The van der Waals surface area contributed by atoms with E-state index in [1.807, 2.05) is 18.5 Å². The van der Waals surface area contributed by atoms with Gasteiger partial charge < -0.3 is 5.32 Å². The van der Waals surface area contributed by atoms with E-state index < -0.39 is 0 Å². The summed E-state index contributed by atoms with van der Waals surface area (Å²) in [4.78, 5) is 4.21. The molecule has 1 N–H and O–H groups in total. The second kappa shape index (κ2) is 3.60. The van der Waals surface area contributed by atoms with E-state index in [2.05, 4.69) is 16.4 Å². The zero-order chi connectivity index (χ0) is 12.4. The quantitative estimate of drug-likeness (QED) is 0.897. The van der Waals surface area contributed by atoms with E-state index in [0.717, 1.165) is 41.7 Å². The molecule has 2 bridgehead atoms. The molecule has 4 aliphatic carbocycles. The van der Waals surface area contributed by atoms with Gasteiger partial charge in [0, 0.05) is 25.0 Å². The number of rotatable bonds is 3. The van der Waals surface area contributed by atoms with Gasteiger partial charge in [-0.2, -0.15) is 0 Å². The van der Waals surface area contributed by atoms with Gasteiger partial charge in [-0.15, -0.1) is 0 Å². The van der Waals surface area contributed by atoms with E-state index in [0.29, 0.717) is 0 Å². The average molecular weight is 254 g/mol. The molecule has 4 fully saturated rings. The Morgan fingerprint density at radius 2 is 2.37 bits per heavy atom. The minimum absolute atomic E-state index is 0.798. The van der Waals surface area contributed by atoms with Crippen LogP contribution >= 0.6 is 0 Å². The van der Waals surface area contributed by atoms with Crippen LogP contribution in [0.25, 0.3) is 0 Å². The Morgan fingerprint density at radius 1 is 1.37 bits per heavy atom. The average Bonchev–Trinajstić information content (AvgIpc) is 2.86. The van der Waals surface area contributed by atoms with Crippen molar-refractivity contribution in [3.8, 4) is 0 Å². The Hall–Kier alpha value is -0.890. The summed E-state index contributed by atoms with van der Waals surface area (Å²) in [5.74, 6) is 4.33. The van der Waals surface area contributed by atoms with Crippen LogP contribution in [-0.4, -0.2) is 11.0 Å². The summed E-state index contributed by atoms with van der Waals surface area (Å²) in [6.07, 6.45) is 11.5. The fourth-order valence-corrected chi connectivity index (χ4v) is 6.37. The van der Waals surface area contributed by atoms with Crippen LogP contribution in [0.1, 0.15) is 37.7 Å². The van der Waals surface area contributed by atoms with Crippen LogP contribution in [0.2, 0.25) is 0 Å². The molecule has 5 rings (SSSR count). The van der Waals surface area contributed by atoms with Crippen molar-refractivity contribution in [2.24, 2.45) is 29.1 Å². The van der Waals surface area contributed by atoms with Crippen LogP contribution < -0.4 is 5.32 Å². The fraction of sp³-hybridized carbons (Fsp3) is 0.706. The molecule has 4 saturated carbocycles. The lowest BCUT2D eigenvalue weighted by atomic mass is 9.83. The molecule has 0 radical (unpaired) electrons. The molecule has 1 aromatic rings. The maximum atomic E-state index is 4.21. The molecule has 0 amide bonds. The van der Waals surface area contributed by atoms with E-state index in [1.165, 1.54) is 24.8 Å². The van der Waals surface area contributed by atoms with E-state index in [1.54, 1.807) is 12.8 Å². The van der Waals surface area contributed by atoms with Gasteiger partial charge in [0.15, 0.2) is 0 Å². The molecule has 19 heavy (non-hydrogen) atoms. The summed E-state index contributed by atoms with van der Waals surface area (Å²) < 4.78 is 0. The molecular weight excluding hydrogens is 232 g/mol. The first kappa shape index (κ1) is 10.8. The monoisotopic (exact) mass is 254 g/mol. The first-order chi connectivity index (χ1) is 9.39. The third-order valence-corrected chi connectivity index (χ3v) is 6.88. The molecule has 1 aromatic heterocycles. The van der Waals surface area contributed by atoms with Crippen LogP contribution in [0.15, 0.2) is 24.5 Å². The number of hydrogen-bond acceptors (Lipinski definition) is 2. The molecule has 1 spiro atoms. The topological polar surface area (TPSA) is 24.9 Å². The maximum Gasteiger partial charge on any atom is 0.0312 e. The number of fused-ring (bicyclic) bond motifs is 4. The third-order valence-electron chi connectivity index (χ3n) is 6.88. The summed E-state index contributed by atoms with van der Waals surface area (Å²) in [6, 6.07) is 5.02. The van der Waals surface area contributed by atoms with Crippen LogP contribution in [0, 0.1) is 29.1 Å². The van der Waals surface area contributed by atoms with Crippen molar-refractivity contribution in [1.29, 1.82) is 0 Å². The highest BCUT2D eigenvalue weighted by atomic mass is 15.0. The Morgan fingerprint density at radius 3 is 3.26 bits per heavy atom. The molecule has 1 heterocycles. The third kappa shape index (κ3) is 1.29. The summed E-state index contributed by atoms with van der Waals surface area (Å²) >= 11 is 0. The molecule has 0 saturated heterocycles. The highest BCUT2D eigenvalue weighted by Gasteiger charge is 2.78. The molecular formula is C17H22N2. The van der Waals surface area contributed by atoms with Gasteiger partial charge in [-0.25, -0.2) is 0 Å². The number of hydrogen-bond donors (Lipinski definition) is 1. The summed E-state index contributed by atoms with van der Waals surface area (Å²) in [6.45, 7) is 1.01. The predicted octanol–water partition coefficient (Wildman–Crippen LogP) is 3.00. The zero-order valence-corrected chi connectivity index (χ0v) is 11.4. The van der Waals surface area contributed by atoms with Crippen LogP contribution in [0.5, 0.6) is 0 Å². The van der Waals surface area contributed by atoms with Crippen molar-refractivity contribution in [3.05, 3.63) is 30.1 Å². The molecule has 2 heteroatoms. The molecule has 1 unspecified atom stereocenters. The smallest absolute Gasteiger partial charge is 0.0312 e. The van der Waals surface area contributed by atoms with Crippen molar-refractivity contribution >= 4 is 0 Å². The van der Waals surface area contributed by atoms with Crippen molar-refractivity contribution in [1.82, 2.24) is 10.3 Å². The summed E-state index contributed by atoms with van der Waals surface area (Å²) in [5.41, 5.74) is 2.20. The van der Waals surface area contributed by atoms with Crippen LogP contribution in [0.4, 0.5) is 0 Å². The van der Waals surface area contributed by atoms with Gasteiger partial charge >= 0.3 is 0 Å². The maximum absolute atomic E-state index is 4.21. The molecule has 6 atom stereocenters. The lowest BCUT2D eigenvalue weighted by molar-refractivity contribution is 0.251. The Bertz CT molecular complexity index is 495. The van der Waals surface area contributed by atoms with E-state index >= 15 is 0 Å². The van der Waals surface area contributed by atoms with Gasteiger partial charge in [-0.3, -0.25) is 4.98 Å². The number of pyridine rings is 1. The Kier molecular flexibility index (Phi) is 2.06. The molecule has 0 aromatic carbocycles. The largest absolute Gasteiger partial charge is 0.310 e. The summed E-state index contributed by atoms with van der Waals surface area (Å²) in [5, 5.41) is 3.83. The van der Waals surface area contributed by atoms with Gasteiger partial charge in [-0.1, -0.05) is 12.5 Å². The van der Waals surface area contributed by atoms with E-state index in [9.17, 15) is 0 Å². The van der Waals surface area contributed by atoms with Gasteiger partial charge in [0.2, 0.25) is 0 Å². The highest BCUT2D eigenvalue weighted by molar-refractivity contribution is 5.27. The van der Waals surface area contributed by atoms with Crippen LogP contribution in [-0.2, 0) is 6.54 Å². The number of aromatic nitrogens is 1. The lowest BCUT2D eigenvalue weighted by Crippen LogP contribution is -2.36. The Balaban J connectivity index is 1.28. The molecule has 2 nitrogen and oxygen atoms in total. The number of nitrogens with zero attached hydrogens (tertiary/aromatic N) is 1. The van der Waals surface area contributed by atoms with Crippen LogP contribution in [0.3, 0.4) is 0 Å². The van der Waals surface area contributed by atoms with E-state index in [4.69, 9.17) is 0 Å². The molecule has 4 aliphatic rings. The lowest BCUT2D eigenvalue weighted by Gasteiger charge is -2.28. The first-order valence-electron chi connectivity index (χ1n) is 8.02. The van der Waals surface area contributed by atoms with Gasteiger partial charge in [0.1, 0.15) is 0 Å². The fourth-order valence-electron chi connectivity index (χ4n) is 6.37. The predicted molar refractivity (Wildman–Crippen MR) is 74.3 cm³/mol. The number of nitrogens with one attached hydrogen (secondary N) is 1. The normalized spacial score (nSPS) is 49.2. The standard InChI is InChI=1S/C17H22N2/c1-4-14-16-13-7-12(17(14,16)5-1)8-15(13)19-10-11-3-2-6-18-9-11/h2-3,6,9,12-16,19H,1,4-5,7-8,10H2/t12-,13+,14-,15+,16?,17+/m0/s1. The minimum atomic E-state index is 0.798. The minimum Gasteiger partial charge on any atom is -0.310 e. The zero-order valence-electron chi connectivity index (χ0n) is 11.4. The first-order valence-corrected chi connectivity index (χ1v) is 8.02. The Labute approximate surface area is 115 Å². The SMILES string of the molecule is c1cncc(CN[C@@H]2C[C@@H]3C[C@H]2C2[C@@H]4CCC[C@@]234)c1. The van der Waals surface area contributed by atoms with Gasteiger partial charge in [-0.05, 0) is 66.4 Å². The molecule has 0 aliphatic heterocycles. The second-order valence-electron chi connectivity index (χ2n) is 7.32. The van der Waals surface area contributed by atoms with E-state index in [-0.39, 0.29) is 0 Å². The van der Waals surface area contributed by atoms with Gasteiger partial charge in [0.05, 0.1) is 0 Å². The van der Waals surface area contributed by atoms with Crippen molar-refractivity contribution in [2.45, 2.75) is 44.7 Å². The van der Waals surface area contributed by atoms with Crippen molar-refractivity contribution in [2.75, 3.05) is 0 Å². The van der Waals surface area contributed by atoms with Crippen molar-refractivity contribution < 1.29 is 0 Å². The second-order valence-corrected chi connectivity index (χ2v) is 7.32. The summed E-state index contributed by atoms with van der Waals surface area (Å²) in [7, 11) is 0. The molecule has 100 valence electrons.